The van der Waals surface area contributed by atoms with Gasteiger partial charge < -0.3 is 10.2 Å². The molecular formula is C13H15ClO3. The zero-order valence-corrected chi connectivity index (χ0v) is 10.1. The first kappa shape index (κ1) is 12.4. The Kier molecular flexibility index (Phi) is 3.40. The largest absolute Gasteiger partial charge is 0.481 e. The summed E-state index contributed by atoms with van der Waals surface area (Å²) in [5.41, 5.74) is -0.732. The van der Waals surface area contributed by atoms with Crippen LogP contribution >= 0.6 is 11.6 Å². The standard InChI is InChI=1S/C13H15ClO3/c14-10-7-4-8-13(10,17)11(12(15)16)9-5-2-1-3-6-9/h1-3,5-6,10-11,17H,4,7-8H2,(H,15,16)/t10-,11+,13+/m1/s1. The van der Waals surface area contributed by atoms with Crippen LogP contribution in [0.3, 0.4) is 0 Å². The zero-order valence-electron chi connectivity index (χ0n) is 9.34. The molecule has 1 aromatic rings. The first-order valence-electron chi connectivity index (χ1n) is 5.70. The molecule has 1 saturated carbocycles. The van der Waals surface area contributed by atoms with Crippen LogP contribution < -0.4 is 0 Å². The van der Waals surface area contributed by atoms with Crippen LogP contribution in [0, 0.1) is 0 Å². The molecule has 0 saturated heterocycles. The van der Waals surface area contributed by atoms with Gasteiger partial charge in [0.05, 0.1) is 11.0 Å². The lowest BCUT2D eigenvalue weighted by Gasteiger charge is -2.32. The summed E-state index contributed by atoms with van der Waals surface area (Å²) in [5, 5.41) is 19.4. The Balaban J connectivity index is 2.40. The number of rotatable bonds is 3. The minimum absolute atomic E-state index is 0.438. The van der Waals surface area contributed by atoms with Gasteiger partial charge in [0.25, 0.3) is 0 Å². The third kappa shape index (κ3) is 2.17. The lowest BCUT2D eigenvalue weighted by atomic mass is 9.80. The van der Waals surface area contributed by atoms with E-state index in [9.17, 15) is 15.0 Å². The number of benzene rings is 1. The van der Waals surface area contributed by atoms with Gasteiger partial charge in [-0.25, -0.2) is 0 Å². The van der Waals surface area contributed by atoms with E-state index in [2.05, 4.69) is 0 Å². The summed E-state index contributed by atoms with van der Waals surface area (Å²) in [6, 6.07) is 8.80. The molecule has 0 bridgehead atoms. The number of aliphatic carboxylic acids is 1. The summed E-state index contributed by atoms with van der Waals surface area (Å²) in [5.74, 6) is -1.97. The molecule has 0 aliphatic heterocycles. The molecule has 17 heavy (non-hydrogen) atoms. The maximum atomic E-state index is 11.4. The molecule has 1 fully saturated rings. The van der Waals surface area contributed by atoms with Gasteiger partial charge in [-0.05, 0) is 24.8 Å². The monoisotopic (exact) mass is 254 g/mol. The molecule has 0 unspecified atom stereocenters. The van der Waals surface area contributed by atoms with Crippen molar-refractivity contribution < 1.29 is 15.0 Å². The lowest BCUT2D eigenvalue weighted by Crippen LogP contribution is -2.44. The molecule has 1 aromatic carbocycles. The normalized spacial score (nSPS) is 30.1. The van der Waals surface area contributed by atoms with Crippen LogP contribution in [0.2, 0.25) is 0 Å². The van der Waals surface area contributed by atoms with Gasteiger partial charge in [-0.1, -0.05) is 30.3 Å². The number of alkyl halides is 1. The highest BCUT2D eigenvalue weighted by molar-refractivity contribution is 6.21. The number of hydrogen-bond acceptors (Lipinski definition) is 2. The molecule has 92 valence electrons. The molecular weight excluding hydrogens is 240 g/mol. The summed E-state index contributed by atoms with van der Waals surface area (Å²) >= 11 is 6.09. The fraction of sp³-hybridized carbons (Fsp3) is 0.462. The van der Waals surface area contributed by atoms with Crippen molar-refractivity contribution in [3.8, 4) is 0 Å². The highest BCUT2D eigenvalue weighted by atomic mass is 35.5. The average molecular weight is 255 g/mol. The molecule has 0 heterocycles. The van der Waals surface area contributed by atoms with Crippen LogP contribution in [-0.2, 0) is 4.79 Å². The van der Waals surface area contributed by atoms with Crippen molar-refractivity contribution in [1.82, 2.24) is 0 Å². The minimum Gasteiger partial charge on any atom is -0.481 e. The summed E-state index contributed by atoms with van der Waals surface area (Å²) in [7, 11) is 0. The SMILES string of the molecule is O=C(O)[C@H](c1ccccc1)[C@]1(O)CCC[C@H]1Cl. The molecule has 2 rings (SSSR count). The molecule has 1 aliphatic carbocycles. The fourth-order valence-corrected chi connectivity index (χ4v) is 2.98. The van der Waals surface area contributed by atoms with Crippen molar-refractivity contribution in [2.75, 3.05) is 0 Å². The smallest absolute Gasteiger partial charge is 0.313 e. The first-order valence-corrected chi connectivity index (χ1v) is 6.13. The van der Waals surface area contributed by atoms with Crippen molar-refractivity contribution >= 4 is 17.6 Å². The number of carboxylic acid groups (broad SMARTS) is 1. The number of carbonyl (C=O) groups is 1. The molecule has 0 amide bonds. The van der Waals surface area contributed by atoms with Crippen LogP contribution in [0.1, 0.15) is 30.7 Å². The molecule has 3 atom stereocenters. The Morgan fingerprint density at radius 3 is 2.53 bits per heavy atom. The van der Waals surface area contributed by atoms with Crippen LogP contribution in [0.15, 0.2) is 30.3 Å². The summed E-state index contributed by atoms with van der Waals surface area (Å²) in [6.45, 7) is 0. The Bertz CT molecular complexity index is 406. The topological polar surface area (TPSA) is 57.5 Å². The van der Waals surface area contributed by atoms with Crippen molar-refractivity contribution in [2.45, 2.75) is 36.2 Å². The van der Waals surface area contributed by atoms with Crippen LogP contribution in [0.5, 0.6) is 0 Å². The lowest BCUT2D eigenvalue weighted by molar-refractivity contribution is -0.145. The highest BCUT2D eigenvalue weighted by Gasteiger charge is 2.50. The second-order valence-corrected chi connectivity index (χ2v) is 5.06. The summed E-state index contributed by atoms with van der Waals surface area (Å²) in [4.78, 5) is 11.4. The van der Waals surface area contributed by atoms with Gasteiger partial charge in [-0.3, -0.25) is 4.79 Å². The summed E-state index contributed by atoms with van der Waals surface area (Å²) < 4.78 is 0. The van der Waals surface area contributed by atoms with Gasteiger partial charge in [-0.15, -0.1) is 11.6 Å². The zero-order chi connectivity index (χ0) is 12.5. The molecule has 1 aliphatic rings. The maximum Gasteiger partial charge on any atom is 0.313 e. The van der Waals surface area contributed by atoms with E-state index < -0.39 is 22.9 Å². The molecule has 4 heteroatoms. The quantitative estimate of drug-likeness (QED) is 0.815. The third-order valence-electron chi connectivity index (χ3n) is 3.46. The average Bonchev–Trinajstić information content (AvgIpc) is 2.61. The Labute approximate surface area is 105 Å². The van der Waals surface area contributed by atoms with Crippen molar-refractivity contribution in [3.05, 3.63) is 35.9 Å². The second-order valence-electron chi connectivity index (χ2n) is 4.53. The first-order chi connectivity index (χ1) is 8.05. The van der Waals surface area contributed by atoms with E-state index in [0.717, 1.165) is 6.42 Å². The Hall–Kier alpha value is -1.06. The van der Waals surface area contributed by atoms with Crippen LogP contribution in [0.25, 0.3) is 0 Å². The molecule has 2 N–H and O–H groups in total. The van der Waals surface area contributed by atoms with E-state index >= 15 is 0 Å². The molecule has 0 radical (unpaired) electrons. The van der Waals surface area contributed by atoms with Crippen molar-refractivity contribution in [3.63, 3.8) is 0 Å². The number of hydrogen-bond donors (Lipinski definition) is 2. The number of halogens is 1. The van der Waals surface area contributed by atoms with Gasteiger partial charge in [0.1, 0.15) is 5.92 Å². The van der Waals surface area contributed by atoms with E-state index in [-0.39, 0.29) is 0 Å². The summed E-state index contributed by atoms with van der Waals surface area (Å²) in [6.07, 6.45) is 1.86. The van der Waals surface area contributed by atoms with E-state index in [1.165, 1.54) is 0 Å². The van der Waals surface area contributed by atoms with Gasteiger partial charge >= 0.3 is 5.97 Å². The van der Waals surface area contributed by atoms with E-state index in [0.29, 0.717) is 18.4 Å². The predicted molar refractivity (Wildman–Crippen MR) is 65.3 cm³/mol. The second kappa shape index (κ2) is 4.67. The Morgan fingerprint density at radius 2 is 2.06 bits per heavy atom. The van der Waals surface area contributed by atoms with Crippen LogP contribution in [-0.4, -0.2) is 27.2 Å². The third-order valence-corrected chi connectivity index (χ3v) is 4.05. The maximum absolute atomic E-state index is 11.4. The van der Waals surface area contributed by atoms with Gasteiger partial charge in [-0.2, -0.15) is 0 Å². The van der Waals surface area contributed by atoms with E-state index in [1.807, 2.05) is 6.07 Å². The van der Waals surface area contributed by atoms with Crippen molar-refractivity contribution in [1.29, 1.82) is 0 Å². The van der Waals surface area contributed by atoms with E-state index in [1.54, 1.807) is 24.3 Å². The highest BCUT2D eigenvalue weighted by Crippen LogP contribution is 2.44. The van der Waals surface area contributed by atoms with Crippen molar-refractivity contribution in [2.24, 2.45) is 0 Å². The molecule has 0 spiro atoms. The van der Waals surface area contributed by atoms with Gasteiger partial charge in [0.2, 0.25) is 0 Å². The van der Waals surface area contributed by atoms with Gasteiger partial charge in [0.15, 0.2) is 0 Å². The van der Waals surface area contributed by atoms with Crippen LogP contribution in [0.4, 0.5) is 0 Å². The fourth-order valence-electron chi connectivity index (χ4n) is 2.59. The number of aliphatic hydroxyl groups is 1. The predicted octanol–water partition coefficient (Wildman–Crippen LogP) is 2.38. The Morgan fingerprint density at radius 1 is 1.41 bits per heavy atom. The minimum atomic E-state index is -1.34. The number of carboxylic acids is 1. The molecule has 0 aromatic heterocycles. The van der Waals surface area contributed by atoms with E-state index in [4.69, 9.17) is 11.6 Å². The van der Waals surface area contributed by atoms with Gasteiger partial charge in [0, 0.05) is 0 Å². The molecule has 3 nitrogen and oxygen atoms in total.